The molecule has 0 aromatic carbocycles. The number of hydrogen-bond donors (Lipinski definition) is 0. The number of rotatable bonds is 4. The number of aromatic nitrogens is 3. The minimum absolute atomic E-state index is 0.0788. The Balaban J connectivity index is 1.45. The third kappa shape index (κ3) is 3.47. The predicted molar refractivity (Wildman–Crippen MR) is 122 cm³/mol. The van der Waals surface area contributed by atoms with Gasteiger partial charge in [-0.2, -0.15) is 5.26 Å². The van der Waals surface area contributed by atoms with Crippen LogP contribution in [-0.4, -0.2) is 44.8 Å². The standard InChI is InChI=1S/C24H28N6O2/c1-14-13-30(21-10-23(31)28(4)20-8-7-18(11-25)26-24(20)21)15(2)12-29(14)16(3)19-9-22(32-27-19)17-5-6-17/h7-10,14-17H,5-6,12-13H2,1-4H3/t14-,15+,16?/m1/s1. The van der Waals surface area contributed by atoms with Gasteiger partial charge in [-0.25, -0.2) is 4.98 Å². The molecule has 3 aromatic rings. The lowest BCUT2D eigenvalue weighted by molar-refractivity contribution is 0.115. The number of fused-ring (bicyclic) bond motifs is 1. The molecule has 1 saturated heterocycles. The number of hydrogen-bond acceptors (Lipinski definition) is 7. The molecule has 4 heterocycles. The van der Waals surface area contributed by atoms with Gasteiger partial charge in [-0.1, -0.05) is 5.16 Å². The molecule has 32 heavy (non-hydrogen) atoms. The number of nitriles is 1. The fourth-order valence-corrected chi connectivity index (χ4v) is 4.85. The van der Waals surface area contributed by atoms with Crippen molar-refractivity contribution in [1.29, 1.82) is 5.26 Å². The highest BCUT2D eigenvalue weighted by Gasteiger charge is 2.35. The molecule has 0 radical (unpaired) electrons. The average molecular weight is 433 g/mol. The van der Waals surface area contributed by atoms with Crippen LogP contribution in [0.1, 0.15) is 62.7 Å². The fourth-order valence-electron chi connectivity index (χ4n) is 4.85. The van der Waals surface area contributed by atoms with Gasteiger partial charge in [0, 0.05) is 50.3 Å². The third-order valence-electron chi connectivity index (χ3n) is 6.98. The molecular formula is C24H28N6O2. The number of piperazine rings is 1. The summed E-state index contributed by atoms with van der Waals surface area (Å²) in [5.74, 6) is 1.56. The Morgan fingerprint density at radius 1 is 1.19 bits per heavy atom. The second-order valence-electron chi connectivity index (χ2n) is 9.25. The summed E-state index contributed by atoms with van der Waals surface area (Å²) in [5, 5.41) is 13.7. The Kier molecular flexibility index (Phi) is 5.01. The molecule has 0 spiro atoms. The first-order valence-corrected chi connectivity index (χ1v) is 11.3. The quantitative estimate of drug-likeness (QED) is 0.624. The van der Waals surface area contributed by atoms with E-state index in [4.69, 9.17) is 4.52 Å². The molecule has 0 bridgehead atoms. The SMILES string of the molecule is CC(c1cc(C2CC2)on1)N1C[C@H](C)N(c2cc(=O)n(C)c3ccc(C#N)nc23)C[C@H]1C. The van der Waals surface area contributed by atoms with Crippen molar-refractivity contribution in [2.75, 3.05) is 18.0 Å². The zero-order valence-electron chi connectivity index (χ0n) is 18.9. The summed E-state index contributed by atoms with van der Waals surface area (Å²) in [5.41, 5.74) is 3.48. The van der Waals surface area contributed by atoms with Gasteiger partial charge in [-0.15, -0.1) is 0 Å². The summed E-state index contributed by atoms with van der Waals surface area (Å²) in [4.78, 5) is 21.9. The maximum absolute atomic E-state index is 12.7. The molecule has 8 heteroatoms. The molecule has 1 saturated carbocycles. The van der Waals surface area contributed by atoms with Crippen LogP contribution in [0.5, 0.6) is 0 Å². The summed E-state index contributed by atoms with van der Waals surface area (Å²) in [6, 6.07) is 9.89. The maximum Gasteiger partial charge on any atom is 0.252 e. The van der Waals surface area contributed by atoms with E-state index >= 15 is 0 Å². The maximum atomic E-state index is 12.7. The van der Waals surface area contributed by atoms with Crippen LogP contribution in [-0.2, 0) is 7.05 Å². The molecule has 2 aliphatic rings. The highest BCUT2D eigenvalue weighted by molar-refractivity contribution is 5.89. The molecule has 2 fully saturated rings. The summed E-state index contributed by atoms with van der Waals surface area (Å²) in [6.45, 7) is 8.13. The lowest BCUT2D eigenvalue weighted by atomic mass is 10.0. The normalized spacial score (nSPS) is 22.8. The Morgan fingerprint density at radius 2 is 1.97 bits per heavy atom. The van der Waals surface area contributed by atoms with Gasteiger partial charge in [-0.05, 0) is 45.7 Å². The van der Waals surface area contributed by atoms with E-state index in [1.54, 1.807) is 29.8 Å². The van der Waals surface area contributed by atoms with Crippen molar-refractivity contribution < 1.29 is 4.52 Å². The monoisotopic (exact) mass is 432 g/mol. The molecular weight excluding hydrogens is 404 g/mol. The first-order valence-electron chi connectivity index (χ1n) is 11.3. The average Bonchev–Trinajstić information content (AvgIpc) is 3.53. The molecule has 1 aliphatic heterocycles. The zero-order valence-corrected chi connectivity index (χ0v) is 18.9. The fraction of sp³-hybridized carbons (Fsp3) is 0.500. The summed E-state index contributed by atoms with van der Waals surface area (Å²) >= 11 is 0. The van der Waals surface area contributed by atoms with Crippen LogP contribution in [0, 0.1) is 11.3 Å². The summed E-state index contributed by atoms with van der Waals surface area (Å²) in [6.07, 6.45) is 2.39. The Hall–Kier alpha value is -3.18. The van der Waals surface area contributed by atoms with E-state index in [-0.39, 0.29) is 23.7 Å². The minimum atomic E-state index is -0.0788. The van der Waals surface area contributed by atoms with Crippen LogP contribution >= 0.6 is 0 Å². The minimum Gasteiger partial charge on any atom is -0.364 e. The first kappa shape index (κ1) is 20.7. The Bertz CT molecular complexity index is 1270. The van der Waals surface area contributed by atoms with Gasteiger partial charge in [0.1, 0.15) is 28.7 Å². The van der Waals surface area contributed by atoms with Crippen molar-refractivity contribution >= 4 is 16.7 Å². The first-order chi connectivity index (χ1) is 15.4. The van der Waals surface area contributed by atoms with Gasteiger partial charge in [-0.3, -0.25) is 9.69 Å². The largest absolute Gasteiger partial charge is 0.364 e. The van der Waals surface area contributed by atoms with Crippen molar-refractivity contribution in [1.82, 2.24) is 19.6 Å². The van der Waals surface area contributed by atoms with Gasteiger partial charge in [0.2, 0.25) is 0 Å². The van der Waals surface area contributed by atoms with E-state index < -0.39 is 0 Å². The Morgan fingerprint density at radius 3 is 2.69 bits per heavy atom. The molecule has 3 atom stereocenters. The van der Waals surface area contributed by atoms with Gasteiger partial charge in [0.15, 0.2) is 0 Å². The van der Waals surface area contributed by atoms with Crippen molar-refractivity contribution in [3.8, 4) is 6.07 Å². The number of nitrogens with zero attached hydrogens (tertiary/aromatic N) is 6. The van der Waals surface area contributed by atoms with Crippen molar-refractivity contribution in [3.63, 3.8) is 0 Å². The van der Waals surface area contributed by atoms with E-state index in [2.05, 4.69) is 52.8 Å². The topological polar surface area (TPSA) is 91.2 Å². The van der Waals surface area contributed by atoms with E-state index in [1.807, 2.05) is 0 Å². The molecule has 1 aliphatic carbocycles. The molecule has 0 N–H and O–H groups in total. The number of anilines is 1. The highest BCUT2D eigenvalue weighted by Crippen LogP contribution is 2.41. The van der Waals surface area contributed by atoms with Crippen LogP contribution in [0.2, 0.25) is 0 Å². The second kappa shape index (κ2) is 7.75. The van der Waals surface area contributed by atoms with E-state index in [9.17, 15) is 10.1 Å². The van der Waals surface area contributed by atoms with Gasteiger partial charge >= 0.3 is 0 Å². The molecule has 8 nitrogen and oxygen atoms in total. The van der Waals surface area contributed by atoms with E-state index in [0.29, 0.717) is 17.1 Å². The summed E-state index contributed by atoms with van der Waals surface area (Å²) < 4.78 is 7.17. The molecule has 0 amide bonds. The Labute approximate surface area is 187 Å². The van der Waals surface area contributed by atoms with Gasteiger partial charge in [0.05, 0.1) is 17.2 Å². The van der Waals surface area contributed by atoms with Crippen LogP contribution in [0.4, 0.5) is 5.69 Å². The van der Waals surface area contributed by atoms with Crippen LogP contribution in [0.25, 0.3) is 11.0 Å². The molecule has 3 aromatic heterocycles. The van der Waals surface area contributed by atoms with Crippen LogP contribution < -0.4 is 10.5 Å². The summed E-state index contributed by atoms with van der Waals surface area (Å²) in [7, 11) is 1.74. The number of pyridine rings is 2. The van der Waals surface area contributed by atoms with E-state index in [0.717, 1.165) is 35.7 Å². The van der Waals surface area contributed by atoms with Crippen molar-refractivity contribution in [3.05, 3.63) is 51.8 Å². The predicted octanol–water partition coefficient (Wildman–Crippen LogP) is 3.33. The van der Waals surface area contributed by atoms with Gasteiger partial charge in [0.25, 0.3) is 5.56 Å². The lowest BCUT2D eigenvalue weighted by Gasteiger charge is -2.47. The number of aryl methyl sites for hydroxylation is 1. The molecule has 5 rings (SSSR count). The highest BCUT2D eigenvalue weighted by atomic mass is 16.5. The van der Waals surface area contributed by atoms with Crippen LogP contribution in [0.3, 0.4) is 0 Å². The van der Waals surface area contributed by atoms with E-state index in [1.165, 1.54) is 12.8 Å². The lowest BCUT2D eigenvalue weighted by Crippen LogP contribution is -2.57. The third-order valence-corrected chi connectivity index (χ3v) is 6.98. The zero-order chi connectivity index (χ0) is 22.6. The van der Waals surface area contributed by atoms with Crippen LogP contribution in [0.15, 0.2) is 33.6 Å². The van der Waals surface area contributed by atoms with Gasteiger partial charge < -0.3 is 14.0 Å². The smallest absolute Gasteiger partial charge is 0.252 e. The van der Waals surface area contributed by atoms with Crippen molar-refractivity contribution in [2.24, 2.45) is 7.05 Å². The molecule has 166 valence electrons. The molecule has 1 unspecified atom stereocenters. The second-order valence-corrected chi connectivity index (χ2v) is 9.25. The van der Waals surface area contributed by atoms with Crippen molar-refractivity contribution in [2.45, 2.75) is 57.7 Å².